The SMILES string of the molecule is Cc1c(C(=O)N2CCN(CC(=O)N3CCCCC3C)CC2)oc2c1ccc1ccccc12. The molecule has 0 spiro atoms. The number of hydrogen-bond acceptors (Lipinski definition) is 4. The van der Waals surface area contributed by atoms with Crippen LogP contribution in [0, 0.1) is 6.92 Å². The molecule has 0 aliphatic carbocycles. The summed E-state index contributed by atoms with van der Waals surface area (Å²) in [4.78, 5) is 32.1. The van der Waals surface area contributed by atoms with Crippen molar-refractivity contribution in [2.45, 2.75) is 39.2 Å². The van der Waals surface area contributed by atoms with Crippen LogP contribution in [0.4, 0.5) is 0 Å². The molecule has 2 fully saturated rings. The Labute approximate surface area is 188 Å². The van der Waals surface area contributed by atoms with Crippen molar-refractivity contribution in [3.8, 4) is 0 Å². The van der Waals surface area contributed by atoms with Crippen LogP contribution in [0.2, 0.25) is 0 Å². The monoisotopic (exact) mass is 433 g/mol. The van der Waals surface area contributed by atoms with E-state index in [2.05, 4.69) is 24.0 Å². The van der Waals surface area contributed by atoms with Gasteiger partial charge in [-0.15, -0.1) is 0 Å². The number of piperidine rings is 1. The molecule has 1 atom stereocenters. The molecule has 2 amide bonds. The van der Waals surface area contributed by atoms with E-state index in [1.54, 1.807) is 0 Å². The van der Waals surface area contributed by atoms with Gasteiger partial charge in [-0.3, -0.25) is 14.5 Å². The lowest BCUT2D eigenvalue weighted by molar-refractivity contribution is -0.136. The number of likely N-dealkylation sites (tertiary alicyclic amines) is 1. The number of benzene rings is 2. The molecule has 6 nitrogen and oxygen atoms in total. The van der Waals surface area contributed by atoms with Crippen molar-refractivity contribution in [1.82, 2.24) is 14.7 Å². The first-order valence-corrected chi connectivity index (χ1v) is 11.7. The molecule has 168 valence electrons. The molecule has 0 bridgehead atoms. The summed E-state index contributed by atoms with van der Waals surface area (Å²) in [5, 5.41) is 3.13. The van der Waals surface area contributed by atoms with Crippen LogP contribution in [0.25, 0.3) is 21.7 Å². The van der Waals surface area contributed by atoms with E-state index in [1.165, 1.54) is 6.42 Å². The molecule has 2 aliphatic rings. The van der Waals surface area contributed by atoms with Crippen molar-refractivity contribution in [3.63, 3.8) is 0 Å². The van der Waals surface area contributed by atoms with Crippen molar-refractivity contribution in [2.75, 3.05) is 39.3 Å². The molecule has 0 N–H and O–H groups in total. The van der Waals surface area contributed by atoms with Crippen LogP contribution in [0.5, 0.6) is 0 Å². The van der Waals surface area contributed by atoms with E-state index < -0.39 is 0 Å². The first-order valence-electron chi connectivity index (χ1n) is 11.7. The maximum absolute atomic E-state index is 13.3. The zero-order chi connectivity index (χ0) is 22.2. The van der Waals surface area contributed by atoms with Gasteiger partial charge in [0.25, 0.3) is 5.91 Å². The van der Waals surface area contributed by atoms with E-state index in [1.807, 2.05) is 41.0 Å². The van der Waals surface area contributed by atoms with Crippen LogP contribution in [-0.2, 0) is 4.79 Å². The lowest BCUT2D eigenvalue weighted by Crippen LogP contribution is -2.53. The molecule has 0 radical (unpaired) electrons. The van der Waals surface area contributed by atoms with E-state index in [-0.39, 0.29) is 11.8 Å². The third kappa shape index (κ3) is 3.77. The lowest BCUT2D eigenvalue weighted by Gasteiger charge is -2.37. The predicted octanol–water partition coefficient (Wildman–Crippen LogP) is 4.05. The van der Waals surface area contributed by atoms with Crippen molar-refractivity contribution in [3.05, 3.63) is 47.7 Å². The number of amides is 2. The minimum atomic E-state index is -0.0570. The summed E-state index contributed by atoms with van der Waals surface area (Å²) < 4.78 is 6.14. The molecule has 2 aliphatic heterocycles. The van der Waals surface area contributed by atoms with Gasteiger partial charge in [-0.25, -0.2) is 0 Å². The van der Waals surface area contributed by atoms with Crippen LogP contribution >= 0.6 is 0 Å². The summed E-state index contributed by atoms with van der Waals surface area (Å²) in [5.74, 6) is 0.596. The van der Waals surface area contributed by atoms with E-state index in [0.717, 1.165) is 46.7 Å². The van der Waals surface area contributed by atoms with Crippen molar-refractivity contribution >= 4 is 33.6 Å². The zero-order valence-corrected chi connectivity index (χ0v) is 19.0. The van der Waals surface area contributed by atoms with Crippen molar-refractivity contribution in [1.29, 1.82) is 0 Å². The van der Waals surface area contributed by atoms with Gasteiger partial charge in [0.2, 0.25) is 5.91 Å². The minimum absolute atomic E-state index is 0.0570. The maximum Gasteiger partial charge on any atom is 0.289 e. The van der Waals surface area contributed by atoms with Crippen LogP contribution in [-0.4, -0.2) is 71.8 Å². The van der Waals surface area contributed by atoms with Crippen molar-refractivity contribution in [2.24, 2.45) is 0 Å². The van der Waals surface area contributed by atoms with E-state index in [4.69, 9.17) is 4.42 Å². The van der Waals surface area contributed by atoms with Gasteiger partial charge in [0.05, 0.1) is 6.54 Å². The highest BCUT2D eigenvalue weighted by molar-refractivity contribution is 6.08. The Hall–Kier alpha value is -2.86. The Balaban J connectivity index is 1.26. The standard InChI is InChI=1S/C26H31N3O3/c1-18-7-5-6-12-29(18)23(30)17-27-13-15-28(16-14-27)26(31)24-19(2)21-11-10-20-8-3-4-9-22(20)25(21)32-24/h3-4,8-11,18H,5-7,12-17H2,1-2H3. The Morgan fingerprint density at radius 1 is 0.969 bits per heavy atom. The van der Waals surface area contributed by atoms with Crippen LogP contribution < -0.4 is 0 Å². The summed E-state index contributed by atoms with van der Waals surface area (Å²) in [6.07, 6.45) is 3.41. The summed E-state index contributed by atoms with van der Waals surface area (Å²) in [6.45, 7) is 8.07. The molecule has 3 heterocycles. The average Bonchev–Trinajstić information content (AvgIpc) is 3.16. The van der Waals surface area contributed by atoms with Gasteiger partial charge in [-0.05, 0) is 38.5 Å². The van der Waals surface area contributed by atoms with Gasteiger partial charge in [0.1, 0.15) is 5.58 Å². The van der Waals surface area contributed by atoms with Crippen molar-refractivity contribution < 1.29 is 14.0 Å². The van der Waals surface area contributed by atoms with Gasteiger partial charge < -0.3 is 14.2 Å². The summed E-state index contributed by atoms with van der Waals surface area (Å²) in [7, 11) is 0. The van der Waals surface area contributed by atoms with Gasteiger partial charge in [-0.1, -0.05) is 36.4 Å². The second-order valence-electron chi connectivity index (χ2n) is 9.22. The third-order valence-electron chi connectivity index (χ3n) is 7.16. The highest BCUT2D eigenvalue weighted by Crippen LogP contribution is 2.32. The van der Waals surface area contributed by atoms with Gasteiger partial charge in [0.15, 0.2) is 5.76 Å². The average molecular weight is 434 g/mol. The number of nitrogens with zero attached hydrogens (tertiary/aromatic N) is 3. The largest absolute Gasteiger partial charge is 0.450 e. The molecule has 3 aromatic rings. The van der Waals surface area contributed by atoms with E-state index >= 15 is 0 Å². The predicted molar refractivity (Wildman–Crippen MR) is 126 cm³/mol. The third-order valence-corrected chi connectivity index (χ3v) is 7.16. The molecule has 2 saturated heterocycles. The number of aryl methyl sites for hydroxylation is 1. The minimum Gasteiger partial charge on any atom is -0.450 e. The maximum atomic E-state index is 13.3. The Bertz CT molecular complexity index is 1160. The fourth-order valence-electron chi connectivity index (χ4n) is 5.16. The lowest BCUT2D eigenvalue weighted by atomic mass is 10.0. The molecule has 1 aromatic heterocycles. The number of hydrogen-bond donors (Lipinski definition) is 0. The normalized spacial score (nSPS) is 20.2. The molecule has 2 aromatic carbocycles. The van der Waals surface area contributed by atoms with Crippen LogP contribution in [0.1, 0.15) is 42.3 Å². The Morgan fingerprint density at radius 2 is 1.75 bits per heavy atom. The fourth-order valence-corrected chi connectivity index (χ4v) is 5.16. The first-order chi connectivity index (χ1) is 15.5. The Morgan fingerprint density at radius 3 is 2.53 bits per heavy atom. The van der Waals surface area contributed by atoms with Gasteiger partial charge in [0, 0.05) is 55.1 Å². The number of carbonyl (C=O) groups excluding carboxylic acids is 2. The van der Waals surface area contributed by atoms with Crippen LogP contribution in [0.3, 0.4) is 0 Å². The summed E-state index contributed by atoms with van der Waals surface area (Å²) in [5.41, 5.74) is 1.68. The Kier molecular flexibility index (Phi) is 5.64. The molecule has 32 heavy (non-hydrogen) atoms. The second kappa shape index (κ2) is 8.58. The van der Waals surface area contributed by atoms with Crippen LogP contribution in [0.15, 0.2) is 40.8 Å². The quantitative estimate of drug-likeness (QED) is 0.625. The molecule has 5 rings (SSSR count). The number of rotatable bonds is 3. The molecular weight excluding hydrogens is 402 g/mol. The van der Waals surface area contributed by atoms with Gasteiger partial charge >= 0.3 is 0 Å². The van der Waals surface area contributed by atoms with E-state index in [0.29, 0.717) is 44.5 Å². The molecule has 6 heteroatoms. The second-order valence-corrected chi connectivity index (χ2v) is 9.22. The summed E-state index contributed by atoms with van der Waals surface area (Å²) in [6, 6.07) is 12.5. The highest BCUT2D eigenvalue weighted by Gasteiger charge is 2.29. The zero-order valence-electron chi connectivity index (χ0n) is 19.0. The van der Waals surface area contributed by atoms with E-state index in [9.17, 15) is 9.59 Å². The number of fused-ring (bicyclic) bond motifs is 3. The molecule has 0 saturated carbocycles. The first kappa shape index (κ1) is 21.0. The fraction of sp³-hybridized carbons (Fsp3) is 0.462. The summed E-state index contributed by atoms with van der Waals surface area (Å²) >= 11 is 0. The highest BCUT2D eigenvalue weighted by atomic mass is 16.3. The number of piperazine rings is 1. The molecular formula is C26H31N3O3. The smallest absolute Gasteiger partial charge is 0.289 e. The van der Waals surface area contributed by atoms with Gasteiger partial charge in [-0.2, -0.15) is 0 Å². The topological polar surface area (TPSA) is 57.0 Å². The number of furan rings is 1. The number of carbonyl (C=O) groups is 2. The molecule has 1 unspecified atom stereocenters.